The molecule has 0 saturated heterocycles. The Morgan fingerprint density at radius 1 is 1.39 bits per heavy atom. The van der Waals surface area contributed by atoms with Crippen LogP contribution in [-0.4, -0.2) is 38.8 Å². The summed E-state index contributed by atoms with van der Waals surface area (Å²) in [6.07, 6.45) is 0.0763. The van der Waals surface area contributed by atoms with E-state index >= 15 is 0 Å². The lowest BCUT2D eigenvalue weighted by Gasteiger charge is -2.16. The van der Waals surface area contributed by atoms with Gasteiger partial charge in [0.1, 0.15) is 17.9 Å². The molecule has 1 unspecified atom stereocenters. The highest BCUT2D eigenvalue weighted by Gasteiger charge is 2.25. The van der Waals surface area contributed by atoms with E-state index in [0.29, 0.717) is 27.7 Å². The molecule has 2 aromatic heterocycles. The Hall–Kier alpha value is -2.87. The third-order valence-corrected chi connectivity index (χ3v) is 4.46. The standard InChI is InChI=1S/C19H22ClN5O3/c1-11(9-26)10-28-18(27)21-13-8-6-5-7-12(13)16-22-17-14(20)15(19(2,3)4)23-25(17)24-16/h5-9,11,23H,10H2,1-4H3,(H,21,27). The molecule has 8 nitrogen and oxygen atoms in total. The molecule has 1 aromatic carbocycles. The van der Waals surface area contributed by atoms with Crippen molar-refractivity contribution >= 4 is 35.3 Å². The Morgan fingerprint density at radius 3 is 2.75 bits per heavy atom. The van der Waals surface area contributed by atoms with Gasteiger partial charge >= 0.3 is 6.09 Å². The van der Waals surface area contributed by atoms with Gasteiger partial charge < -0.3 is 9.53 Å². The van der Waals surface area contributed by atoms with Gasteiger partial charge in [-0.1, -0.05) is 51.4 Å². The van der Waals surface area contributed by atoms with E-state index in [1.54, 1.807) is 25.1 Å². The molecule has 0 aliphatic heterocycles. The summed E-state index contributed by atoms with van der Waals surface area (Å²) in [5.41, 5.74) is 2.29. The van der Waals surface area contributed by atoms with E-state index in [-0.39, 0.29) is 17.9 Å². The minimum absolute atomic E-state index is 0.00836. The van der Waals surface area contributed by atoms with Gasteiger partial charge in [0.05, 0.1) is 11.4 Å². The molecule has 0 spiro atoms. The number of carbonyl (C=O) groups is 2. The second-order valence-corrected chi connectivity index (χ2v) is 7.98. The smallest absolute Gasteiger partial charge is 0.411 e. The van der Waals surface area contributed by atoms with Crippen molar-refractivity contribution in [2.24, 2.45) is 5.92 Å². The van der Waals surface area contributed by atoms with E-state index in [1.807, 2.05) is 26.8 Å². The summed E-state index contributed by atoms with van der Waals surface area (Å²) < 4.78 is 6.58. The molecule has 3 aromatic rings. The van der Waals surface area contributed by atoms with Gasteiger partial charge in [-0.2, -0.15) is 4.63 Å². The van der Waals surface area contributed by atoms with E-state index in [4.69, 9.17) is 16.3 Å². The van der Waals surface area contributed by atoms with Gasteiger partial charge in [0.2, 0.25) is 0 Å². The predicted octanol–water partition coefficient (Wildman–Crippen LogP) is 4.06. The second-order valence-electron chi connectivity index (χ2n) is 7.60. The van der Waals surface area contributed by atoms with Crippen LogP contribution in [0.15, 0.2) is 24.3 Å². The molecule has 0 saturated carbocycles. The summed E-state index contributed by atoms with van der Waals surface area (Å²) in [7, 11) is 0. The van der Waals surface area contributed by atoms with E-state index in [1.165, 1.54) is 4.63 Å². The first-order valence-corrected chi connectivity index (χ1v) is 9.21. The molecule has 2 heterocycles. The van der Waals surface area contributed by atoms with Gasteiger partial charge in [-0.15, -0.1) is 5.10 Å². The highest BCUT2D eigenvalue weighted by molar-refractivity contribution is 6.34. The molecule has 9 heteroatoms. The van der Waals surface area contributed by atoms with Crippen molar-refractivity contribution in [3.63, 3.8) is 0 Å². The van der Waals surface area contributed by atoms with Crippen molar-refractivity contribution < 1.29 is 14.3 Å². The number of halogens is 1. The summed E-state index contributed by atoms with van der Waals surface area (Å²) in [5.74, 6) is 0.0431. The number of rotatable bonds is 5. The number of amides is 1. The van der Waals surface area contributed by atoms with Crippen molar-refractivity contribution in [1.82, 2.24) is 19.8 Å². The fourth-order valence-corrected chi connectivity index (χ4v) is 3.04. The molecule has 0 fully saturated rings. The number of hydrogen-bond donors (Lipinski definition) is 2. The summed E-state index contributed by atoms with van der Waals surface area (Å²) in [6.45, 7) is 7.80. The van der Waals surface area contributed by atoms with Crippen LogP contribution < -0.4 is 5.32 Å². The average Bonchev–Trinajstić information content (AvgIpc) is 3.19. The third kappa shape index (κ3) is 4.01. The van der Waals surface area contributed by atoms with Gasteiger partial charge in [0.25, 0.3) is 0 Å². The first-order chi connectivity index (χ1) is 13.2. The predicted molar refractivity (Wildman–Crippen MR) is 107 cm³/mol. The number of aldehydes is 1. The molecular formula is C19H22ClN5O3. The molecule has 1 amide bonds. The molecule has 28 heavy (non-hydrogen) atoms. The number of hydrogen-bond acceptors (Lipinski definition) is 5. The highest BCUT2D eigenvalue weighted by Crippen LogP contribution is 2.33. The summed E-state index contributed by atoms with van der Waals surface area (Å²) in [6, 6.07) is 7.10. The van der Waals surface area contributed by atoms with E-state index in [0.717, 1.165) is 12.0 Å². The Labute approximate surface area is 167 Å². The number of para-hydroxylation sites is 1. The lowest BCUT2D eigenvalue weighted by atomic mass is 9.92. The largest absolute Gasteiger partial charge is 0.449 e. The zero-order valence-electron chi connectivity index (χ0n) is 16.1. The molecule has 1 atom stereocenters. The quantitative estimate of drug-likeness (QED) is 0.625. The molecule has 0 aliphatic rings. The number of H-pyrrole nitrogens is 1. The molecule has 0 bridgehead atoms. The number of aromatic amines is 1. The Morgan fingerprint density at radius 2 is 2.11 bits per heavy atom. The zero-order valence-corrected chi connectivity index (χ0v) is 16.9. The van der Waals surface area contributed by atoms with Crippen molar-refractivity contribution in [2.45, 2.75) is 33.1 Å². The second kappa shape index (κ2) is 7.63. The number of fused-ring (bicyclic) bond motifs is 1. The Kier molecular flexibility index (Phi) is 5.42. The molecule has 0 aliphatic carbocycles. The number of benzene rings is 1. The minimum atomic E-state index is -0.654. The number of aromatic nitrogens is 4. The van der Waals surface area contributed by atoms with Gasteiger partial charge in [0, 0.05) is 16.9 Å². The average molecular weight is 404 g/mol. The van der Waals surface area contributed by atoms with Crippen LogP contribution in [-0.2, 0) is 14.9 Å². The van der Waals surface area contributed by atoms with Crippen LogP contribution in [0.25, 0.3) is 17.0 Å². The normalized spacial score (nSPS) is 12.8. The summed E-state index contributed by atoms with van der Waals surface area (Å²) >= 11 is 6.48. The van der Waals surface area contributed by atoms with Gasteiger partial charge in [0.15, 0.2) is 11.5 Å². The summed E-state index contributed by atoms with van der Waals surface area (Å²) in [4.78, 5) is 27.2. The lowest BCUT2D eigenvalue weighted by Crippen LogP contribution is -2.18. The zero-order chi connectivity index (χ0) is 20.5. The van der Waals surface area contributed by atoms with Crippen LogP contribution in [0.1, 0.15) is 33.4 Å². The molecule has 0 radical (unpaired) electrons. The first kappa shape index (κ1) is 19.9. The monoisotopic (exact) mass is 403 g/mol. The third-order valence-electron chi connectivity index (χ3n) is 4.10. The van der Waals surface area contributed by atoms with Crippen LogP contribution in [0.3, 0.4) is 0 Å². The Balaban J connectivity index is 1.88. The molecule has 3 rings (SSSR count). The highest BCUT2D eigenvalue weighted by atomic mass is 35.5. The fraction of sp³-hybridized carbons (Fsp3) is 0.368. The van der Waals surface area contributed by atoms with Crippen molar-refractivity contribution in [3.05, 3.63) is 35.0 Å². The lowest BCUT2D eigenvalue weighted by molar-refractivity contribution is -0.111. The molecule has 2 N–H and O–H groups in total. The van der Waals surface area contributed by atoms with Crippen molar-refractivity contribution in [3.8, 4) is 11.4 Å². The number of anilines is 1. The Bertz CT molecular complexity index is 1020. The van der Waals surface area contributed by atoms with Gasteiger partial charge in [-0.25, -0.2) is 9.78 Å². The van der Waals surface area contributed by atoms with Crippen LogP contribution in [0, 0.1) is 5.92 Å². The maximum absolute atomic E-state index is 12.0. The van der Waals surface area contributed by atoms with E-state index in [9.17, 15) is 9.59 Å². The SMILES string of the molecule is CC(C=O)COC(=O)Nc1ccccc1-c1nc2c(Cl)c(C(C)(C)C)[nH]n2n1. The number of nitrogens with one attached hydrogen (secondary N) is 2. The maximum Gasteiger partial charge on any atom is 0.411 e. The van der Waals surface area contributed by atoms with Gasteiger partial charge in [-0.3, -0.25) is 10.4 Å². The maximum atomic E-state index is 12.0. The van der Waals surface area contributed by atoms with Crippen LogP contribution in [0.5, 0.6) is 0 Å². The number of ether oxygens (including phenoxy) is 1. The van der Waals surface area contributed by atoms with Crippen molar-refractivity contribution in [1.29, 1.82) is 0 Å². The van der Waals surface area contributed by atoms with Crippen LogP contribution in [0.2, 0.25) is 5.02 Å². The van der Waals surface area contributed by atoms with Crippen LogP contribution >= 0.6 is 11.6 Å². The summed E-state index contributed by atoms with van der Waals surface area (Å²) in [5, 5.41) is 10.8. The minimum Gasteiger partial charge on any atom is -0.449 e. The van der Waals surface area contributed by atoms with Crippen molar-refractivity contribution in [2.75, 3.05) is 11.9 Å². The number of nitrogens with zero attached hydrogens (tertiary/aromatic N) is 3. The first-order valence-electron chi connectivity index (χ1n) is 8.84. The molecular weight excluding hydrogens is 382 g/mol. The van der Waals surface area contributed by atoms with Gasteiger partial charge in [-0.05, 0) is 12.1 Å². The molecule has 148 valence electrons. The van der Waals surface area contributed by atoms with Crippen LogP contribution in [0.4, 0.5) is 10.5 Å². The number of carbonyl (C=O) groups excluding carboxylic acids is 2. The fourth-order valence-electron chi connectivity index (χ4n) is 2.59. The van der Waals surface area contributed by atoms with E-state index in [2.05, 4.69) is 20.5 Å². The van der Waals surface area contributed by atoms with E-state index < -0.39 is 6.09 Å². The topological polar surface area (TPSA) is 101 Å².